The van der Waals surface area contributed by atoms with Gasteiger partial charge >= 0.3 is 0 Å². The molecule has 0 heterocycles. The van der Waals surface area contributed by atoms with E-state index in [2.05, 4.69) is 26.0 Å². The van der Waals surface area contributed by atoms with Crippen LogP contribution in [0.5, 0.6) is 0 Å². The first kappa shape index (κ1) is 13.9. The Labute approximate surface area is 131 Å². The zero-order chi connectivity index (χ0) is 15.5. The first-order chi connectivity index (χ1) is 10.5. The Kier molecular flexibility index (Phi) is 2.94. The molecule has 4 atom stereocenters. The third kappa shape index (κ3) is 1.73. The quantitative estimate of drug-likeness (QED) is 0.781. The molecule has 0 spiro atoms. The van der Waals surface area contributed by atoms with Crippen molar-refractivity contribution in [3.05, 3.63) is 47.0 Å². The maximum Gasteiger partial charge on any atom is 0.168 e. The highest BCUT2D eigenvalue weighted by Gasteiger charge is 2.60. The number of carbonyl (C=O) groups is 2. The van der Waals surface area contributed by atoms with Gasteiger partial charge in [0.25, 0.3) is 0 Å². The van der Waals surface area contributed by atoms with Gasteiger partial charge in [-0.3, -0.25) is 9.59 Å². The summed E-state index contributed by atoms with van der Waals surface area (Å²) in [4.78, 5) is 26.0. The molecule has 0 aliphatic heterocycles. The van der Waals surface area contributed by atoms with Crippen LogP contribution in [0, 0.1) is 23.2 Å². The Hall–Kier alpha value is -1.70. The van der Waals surface area contributed by atoms with E-state index in [1.807, 2.05) is 18.2 Å². The average molecular weight is 294 g/mol. The van der Waals surface area contributed by atoms with Crippen molar-refractivity contribution in [1.29, 1.82) is 0 Å². The molecule has 4 unspecified atom stereocenters. The third-order valence-corrected chi connectivity index (χ3v) is 5.95. The monoisotopic (exact) mass is 294 g/mol. The van der Waals surface area contributed by atoms with E-state index in [1.165, 1.54) is 5.56 Å². The topological polar surface area (TPSA) is 34.1 Å². The molecule has 3 aliphatic carbocycles. The number of fused-ring (bicyclic) bond motifs is 6. The molecule has 1 aromatic rings. The lowest BCUT2D eigenvalue weighted by Gasteiger charge is -2.36. The van der Waals surface area contributed by atoms with Crippen molar-refractivity contribution in [2.45, 2.75) is 39.5 Å². The van der Waals surface area contributed by atoms with Crippen LogP contribution in [0.2, 0.25) is 0 Å². The molecular weight excluding hydrogens is 272 g/mol. The van der Waals surface area contributed by atoms with Crippen LogP contribution in [0.15, 0.2) is 30.4 Å². The van der Waals surface area contributed by atoms with E-state index < -0.39 is 0 Å². The first-order valence-electron chi connectivity index (χ1n) is 8.46. The van der Waals surface area contributed by atoms with Crippen molar-refractivity contribution < 1.29 is 9.59 Å². The van der Waals surface area contributed by atoms with Crippen LogP contribution in [0.3, 0.4) is 0 Å². The number of benzene rings is 1. The van der Waals surface area contributed by atoms with Crippen LogP contribution in [-0.2, 0) is 6.42 Å². The molecule has 2 bridgehead atoms. The van der Waals surface area contributed by atoms with Gasteiger partial charge in [0.1, 0.15) is 0 Å². The Morgan fingerprint density at radius 2 is 2.00 bits per heavy atom. The van der Waals surface area contributed by atoms with E-state index in [0.29, 0.717) is 11.1 Å². The van der Waals surface area contributed by atoms with Gasteiger partial charge in [0.15, 0.2) is 11.6 Å². The minimum absolute atomic E-state index is 0.110. The highest BCUT2D eigenvalue weighted by atomic mass is 16.1. The van der Waals surface area contributed by atoms with Crippen molar-refractivity contribution in [3.8, 4) is 0 Å². The average Bonchev–Trinajstić information content (AvgIpc) is 3.04. The molecule has 1 fully saturated rings. The number of Topliss-reactive ketones (excluding diaryl/α,β-unsaturated/α-hetero) is 2. The molecular formula is C20H22O2. The van der Waals surface area contributed by atoms with Gasteiger partial charge in [-0.2, -0.15) is 0 Å². The summed E-state index contributed by atoms with van der Waals surface area (Å²) in [5, 5.41) is 0. The number of unbranched alkanes of at least 4 members (excludes halogenated alkanes) is 1. The van der Waals surface area contributed by atoms with Crippen LogP contribution in [0.4, 0.5) is 0 Å². The number of allylic oxidation sites excluding steroid dienone is 2. The summed E-state index contributed by atoms with van der Waals surface area (Å²) in [6, 6.07) is 5.92. The molecule has 1 saturated carbocycles. The van der Waals surface area contributed by atoms with Crippen molar-refractivity contribution in [3.63, 3.8) is 0 Å². The highest BCUT2D eigenvalue weighted by molar-refractivity contribution is 6.17. The summed E-state index contributed by atoms with van der Waals surface area (Å²) in [7, 11) is 0. The Morgan fingerprint density at radius 1 is 1.18 bits per heavy atom. The molecule has 3 aliphatic rings. The predicted molar refractivity (Wildman–Crippen MR) is 86.0 cm³/mol. The predicted octanol–water partition coefficient (Wildman–Crippen LogP) is 4.24. The fraction of sp³-hybridized carbons (Fsp3) is 0.500. The zero-order valence-electron chi connectivity index (χ0n) is 13.3. The molecule has 0 radical (unpaired) electrons. The molecule has 114 valence electrons. The van der Waals surface area contributed by atoms with Gasteiger partial charge in [-0.25, -0.2) is 0 Å². The second kappa shape index (κ2) is 4.65. The molecule has 2 nitrogen and oxygen atoms in total. The van der Waals surface area contributed by atoms with Crippen molar-refractivity contribution >= 4 is 11.6 Å². The maximum atomic E-state index is 13.0. The van der Waals surface area contributed by atoms with Crippen molar-refractivity contribution in [2.75, 3.05) is 0 Å². The van der Waals surface area contributed by atoms with E-state index in [4.69, 9.17) is 0 Å². The number of aryl methyl sites for hydroxylation is 1. The Balaban J connectivity index is 1.78. The number of rotatable bonds is 3. The largest absolute Gasteiger partial charge is 0.294 e. The Bertz CT molecular complexity index is 700. The van der Waals surface area contributed by atoms with Crippen LogP contribution in [0.25, 0.3) is 0 Å². The fourth-order valence-corrected chi connectivity index (χ4v) is 4.82. The summed E-state index contributed by atoms with van der Waals surface area (Å²) in [5.74, 6) is 0.409. The molecule has 22 heavy (non-hydrogen) atoms. The number of ketones is 2. The molecule has 2 heteroatoms. The van der Waals surface area contributed by atoms with Gasteiger partial charge in [-0.05, 0) is 42.2 Å². The second-order valence-electron chi connectivity index (χ2n) is 7.45. The standard InChI is InChI=1S/C20H22O2/c1-3-4-5-12-6-7-14-15(10-12)18(21)16-13-8-9-20(2,11-13)17(16)19(14)22/h6-10,13,16-17H,3-5,11H2,1-2H3. The van der Waals surface area contributed by atoms with Crippen molar-refractivity contribution in [1.82, 2.24) is 0 Å². The summed E-state index contributed by atoms with van der Waals surface area (Å²) < 4.78 is 0. The van der Waals surface area contributed by atoms with E-state index in [0.717, 1.165) is 25.7 Å². The lowest BCUT2D eigenvalue weighted by molar-refractivity contribution is 0.0676. The van der Waals surface area contributed by atoms with Crippen molar-refractivity contribution in [2.24, 2.45) is 23.2 Å². The van der Waals surface area contributed by atoms with Crippen LogP contribution >= 0.6 is 0 Å². The van der Waals surface area contributed by atoms with E-state index in [9.17, 15) is 9.59 Å². The highest BCUT2D eigenvalue weighted by Crippen LogP contribution is 2.59. The molecule has 0 N–H and O–H groups in total. The SMILES string of the molecule is CCCCc1ccc2c(c1)C(=O)C1C3C=CC(C)(C3)C1C2=O. The van der Waals surface area contributed by atoms with E-state index in [-0.39, 0.29) is 34.7 Å². The van der Waals surface area contributed by atoms with E-state index >= 15 is 0 Å². The van der Waals surface area contributed by atoms with Gasteiger partial charge in [-0.15, -0.1) is 0 Å². The minimum atomic E-state index is -0.135. The number of carbonyl (C=O) groups excluding carboxylic acids is 2. The molecule has 1 aromatic carbocycles. The summed E-state index contributed by atoms with van der Waals surface area (Å²) in [6.45, 7) is 4.31. The third-order valence-electron chi connectivity index (χ3n) is 5.95. The molecule has 0 amide bonds. The number of hydrogen-bond donors (Lipinski definition) is 0. The molecule has 4 rings (SSSR count). The molecule has 0 saturated heterocycles. The number of hydrogen-bond acceptors (Lipinski definition) is 2. The molecule has 0 aromatic heterocycles. The summed E-state index contributed by atoms with van der Waals surface area (Å²) in [6.07, 6.45) is 8.54. The van der Waals surface area contributed by atoms with Gasteiger partial charge < -0.3 is 0 Å². The van der Waals surface area contributed by atoms with Crippen LogP contribution in [-0.4, -0.2) is 11.6 Å². The van der Waals surface area contributed by atoms with Crippen LogP contribution < -0.4 is 0 Å². The van der Waals surface area contributed by atoms with Gasteiger partial charge in [-0.1, -0.05) is 44.6 Å². The van der Waals surface area contributed by atoms with Gasteiger partial charge in [0.2, 0.25) is 0 Å². The van der Waals surface area contributed by atoms with Crippen LogP contribution in [0.1, 0.15) is 59.4 Å². The summed E-state index contributed by atoms with van der Waals surface area (Å²) in [5.41, 5.74) is 2.42. The van der Waals surface area contributed by atoms with Gasteiger partial charge in [0, 0.05) is 23.0 Å². The smallest absolute Gasteiger partial charge is 0.168 e. The fourth-order valence-electron chi connectivity index (χ4n) is 4.82. The summed E-state index contributed by atoms with van der Waals surface area (Å²) >= 11 is 0. The lowest BCUT2D eigenvalue weighted by Crippen LogP contribution is -2.42. The normalized spacial score (nSPS) is 34.9. The van der Waals surface area contributed by atoms with E-state index in [1.54, 1.807) is 0 Å². The minimum Gasteiger partial charge on any atom is -0.294 e. The first-order valence-corrected chi connectivity index (χ1v) is 8.46. The zero-order valence-corrected chi connectivity index (χ0v) is 13.3. The maximum absolute atomic E-state index is 13.0. The van der Waals surface area contributed by atoms with Gasteiger partial charge in [0.05, 0.1) is 0 Å². The lowest BCUT2D eigenvalue weighted by atomic mass is 9.65. The Morgan fingerprint density at radius 3 is 2.77 bits per heavy atom. The second-order valence-corrected chi connectivity index (χ2v) is 7.45.